The molecule has 0 bridgehead atoms. The van der Waals surface area contributed by atoms with Crippen LogP contribution in [0.1, 0.15) is 21.6 Å². The fraction of sp³-hybridized carbons (Fsp3) is 0.150. The summed E-state index contributed by atoms with van der Waals surface area (Å²) in [6, 6.07) is 14.3. The van der Waals surface area contributed by atoms with Crippen molar-refractivity contribution in [3.05, 3.63) is 77.7 Å². The minimum absolute atomic E-state index is 0.0660. The van der Waals surface area contributed by atoms with E-state index in [1.165, 1.54) is 10.9 Å². The average molecular weight is 378 g/mol. The molecule has 2 aromatic heterocycles. The first-order valence-corrected chi connectivity index (χ1v) is 8.54. The van der Waals surface area contributed by atoms with E-state index in [1.54, 1.807) is 55.6 Å². The lowest BCUT2D eigenvalue weighted by Gasteiger charge is -2.06. The van der Waals surface area contributed by atoms with Gasteiger partial charge in [0.05, 0.1) is 18.3 Å². The van der Waals surface area contributed by atoms with Gasteiger partial charge >= 0.3 is 5.97 Å². The number of carbonyl (C=O) groups excluding carboxylic acids is 3. The molecule has 2 amide bonds. The molecule has 0 aliphatic carbocycles. The molecule has 1 N–H and O–H groups in total. The van der Waals surface area contributed by atoms with E-state index in [4.69, 9.17) is 4.74 Å². The largest absolute Gasteiger partial charge is 0.452 e. The molecule has 8 heteroatoms. The number of rotatable bonds is 6. The van der Waals surface area contributed by atoms with Gasteiger partial charge in [0, 0.05) is 6.20 Å². The molecule has 3 rings (SSSR count). The highest BCUT2D eigenvalue weighted by Gasteiger charge is 2.18. The second-order valence-electron chi connectivity index (χ2n) is 5.95. The van der Waals surface area contributed by atoms with E-state index in [-0.39, 0.29) is 12.0 Å². The van der Waals surface area contributed by atoms with Gasteiger partial charge in [-0.3, -0.25) is 14.9 Å². The fourth-order valence-electron chi connectivity index (χ4n) is 2.55. The molecule has 142 valence electrons. The number of carbonyl (C=O) groups is 3. The van der Waals surface area contributed by atoms with Gasteiger partial charge in [-0.05, 0) is 24.6 Å². The molecule has 0 spiro atoms. The van der Waals surface area contributed by atoms with Crippen LogP contribution in [-0.4, -0.2) is 39.2 Å². The monoisotopic (exact) mass is 378 g/mol. The van der Waals surface area contributed by atoms with Crippen molar-refractivity contribution in [1.82, 2.24) is 20.1 Å². The predicted molar refractivity (Wildman–Crippen MR) is 99.7 cm³/mol. The molecule has 8 nitrogen and oxygen atoms in total. The Bertz CT molecular complexity index is 984. The van der Waals surface area contributed by atoms with Crippen LogP contribution in [0.5, 0.6) is 0 Å². The Labute approximate surface area is 161 Å². The topological polar surface area (TPSA) is 103 Å². The molecule has 0 saturated carbocycles. The van der Waals surface area contributed by atoms with E-state index < -0.39 is 24.4 Å². The second kappa shape index (κ2) is 8.72. The van der Waals surface area contributed by atoms with Crippen molar-refractivity contribution in [2.45, 2.75) is 13.3 Å². The van der Waals surface area contributed by atoms with Crippen LogP contribution >= 0.6 is 0 Å². The molecule has 0 aliphatic rings. The zero-order valence-electron chi connectivity index (χ0n) is 15.2. The fourth-order valence-corrected chi connectivity index (χ4v) is 2.55. The van der Waals surface area contributed by atoms with Crippen LogP contribution in [0.2, 0.25) is 0 Å². The molecular weight excluding hydrogens is 360 g/mol. The minimum Gasteiger partial charge on any atom is -0.452 e. The summed E-state index contributed by atoms with van der Waals surface area (Å²) in [5.41, 5.74) is 1.53. The molecule has 0 atom stereocenters. The van der Waals surface area contributed by atoms with Crippen molar-refractivity contribution in [3.8, 4) is 5.82 Å². The first kappa shape index (κ1) is 19.0. The molecule has 0 aliphatic heterocycles. The number of aromatic nitrogens is 3. The number of hydrogen-bond donors (Lipinski definition) is 1. The van der Waals surface area contributed by atoms with Gasteiger partial charge in [-0.2, -0.15) is 5.10 Å². The molecule has 0 radical (unpaired) electrons. The van der Waals surface area contributed by atoms with Gasteiger partial charge in [0.1, 0.15) is 5.56 Å². The Morgan fingerprint density at radius 1 is 1.04 bits per heavy atom. The van der Waals surface area contributed by atoms with Crippen LogP contribution in [-0.2, 0) is 20.7 Å². The third-order valence-electron chi connectivity index (χ3n) is 3.92. The first-order valence-electron chi connectivity index (χ1n) is 8.54. The summed E-state index contributed by atoms with van der Waals surface area (Å²) in [5.74, 6) is -1.30. The molecule has 3 aromatic rings. The number of pyridine rings is 1. The van der Waals surface area contributed by atoms with E-state index in [1.807, 2.05) is 6.07 Å². The number of amides is 2. The van der Waals surface area contributed by atoms with Gasteiger partial charge in [0.15, 0.2) is 12.4 Å². The number of benzene rings is 1. The van der Waals surface area contributed by atoms with Gasteiger partial charge < -0.3 is 4.74 Å². The summed E-state index contributed by atoms with van der Waals surface area (Å²) in [6.07, 6.45) is 3.03. The molecule has 1 aromatic carbocycles. The van der Waals surface area contributed by atoms with E-state index in [0.29, 0.717) is 11.5 Å². The summed E-state index contributed by atoms with van der Waals surface area (Å²) < 4.78 is 6.49. The molecule has 0 saturated heterocycles. The predicted octanol–water partition coefficient (Wildman–Crippen LogP) is 1.62. The zero-order chi connectivity index (χ0) is 19.9. The molecule has 0 unspecified atom stereocenters. The van der Waals surface area contributed by atoms with Gasteiger partial charge in [-0.1, -0.05) is 36.4 Å². The van der Waals surface area contributed by atoms with Gasteiger partial charge in [-0.25, -0.2) is 14.5 Å². The third-order valence-corrected chi connectivity index (χ3v) is 3.92. The van der Waals surface area contributed by atoms with Gasteiger partial charge in [-0.15, -0.1) is 0 Å². The van der Waals surface area contributed by atoms with Crippen LogP contribution in [0.3, 0.4) is 0 Å². The van der Waals surface area contributed by atoms with Crippen molar-refractivity contribution in [1.29, 1.82) is 0 Å². The summed E-state index contributed by atoms with van der Waals surface area (Å²) in [6.45, 7) is 1.13. The van der Waals surface area contributed by atoms with Gasteiger partial charge in [0.2, 0.25) is 5.91 Å². The van der Waals surface area contributed by atoms with E-state index in [2.05, 4.69) is 15.4 Å². The maximum absolute atomic E-state index is 12.2. The number of esters is 1. The third kappa shape index (κ3) is 4.67. The van der Waals surface area contributed by atoms with E-state index in [0.717, 1.165) is 5.56 Å². The van der Waals surface area contributed by atoms with Crippen LogP contribution < -0.4 is 5.32 Å². The van der Waals surface area contributed by atoms with Crippen molar-refractivity contribution in [2.75, 3.05) is 6.61 Å². The van der Waals surface area contributed by atoms with Gasteiger partial charge in [0.25, 0.3) is 5.91 Å². The number of ether oxygens (including phenoxy) is 1. The SMILES string of the molecule is Cc1c(C(=O)OCC(=O)NC(=O)Cc2ccccc2)cnn1-c1ccccn1. The number of imide groups is 1. The van der Waals surface area contributed by atoms with E-state index >= 15 is 0 Å². The Kier molecular flexibility index (Phi) is 5.91. The second-order valence-corrected chi connectivity index (χ2v) is 5.95. The lowest BCUT2D eigenvalue weighted by atomic mass is 10.1. The normalized spacial score (nSPS) is 10.3. The number of nitrogens with zero attached hydrogens (tertiary/aromatic N) is 3. The smallest absolute Gasteiger partial charge is 0.342 e. The Hall–Kier alpha value is -3.81. The molecular formula is C20H18N4O4. The zero-order valence-corrected chi connectivity index (χ0v) is 15.2. The summed E-state index contributed by atoms with van der Waals surface area (Å²) >= 11 is 0. The first-order chi connectivity index (χ1) is 13.5. The lowest BCUT2D eigenvalue weighted by molar-refractivity contribution is -0.132. The van der Waals surface area contributed by atoms with Crippen LogP contribution in [0.15, 0.2) is 60.9 Å². The Balaban J connectivity index is 1.53. The van der Waals surface area contributed by atoms with Crippen LogP contribution in [0.25, 0.3) is 5.82 Å². The highest BCUT2D eigenvalue weighted by molar-refractivity contribution is 5.98. The summed E-state index contributed by atoms with van der Waals surface area (Å²) in [5, 5.41) is 6.32. The average Bonchev–Trinajstić information content (AvgIpc) is 3.09. The highest BCUT2D eigenvalue weighted by Crippen LogP contribution is 2.13. The minimum atomic E-state index is -0.703. The highest BCUT2D eigenvalue weighted by atomic mass is 16.5. The standard InChI is InChI=1S/C20H18N4O4/c1-14-16(12-22-24(14)17-9-5-6-10-21-17)20(27)28-13-19(26)23-18(25)11-15-7-3-2-4-8-15/h2-10,12H,11,13H2,1H3,(H,23,25,26). The molecule has 0 fully saturated rings. The maximum Gasteiger partial charge on any atom is 0.342 e. The van der Waals surface area contributed by atoms with Crippen molar-refractivity contribution < 1.29 is 19.1 Å². The van der Waals surface area contributed by atoms with Crippen LogP contribution in [0, 0.1) is 6.92 Å². The van der Waals surface area contributed by atoms with Crippen molar-refractivity contribution in [3.63, 3.8) is 0 Å². The Morgan fingerprint density at radius 3 is 2.50 bits per heavy atom. The van der Waals surface area contributed by atoms with E-state index in [9.17, 15) is 14.4 Å². The molecule has 2 heterocycles. The number of hydrogen-bond acceptors (Lipinski definition) is 6. The van der Waals surface area contributed by atoms with Crippen molar-refractivity contribution in [2.24, 2.45) is 0 Å². The maximum atomic E-state index is 12.2. The summed E-state index contributed by atoms with van der Waals surface area (Å²) in [4.78, 5) is 40.1. The van der Waals surface area contributed by atoms with Crippen LogP contribution in [0.4, 0.5) is 0 Å². The number of nitrogens with one attached hydrogen (secondary N) is 1. The van der Waals surface area contributed by atoms with Crippen molar-refractivity contribution >= 4 is 17.8 Å². The summed E-state index contributed by atoms with van der Waals surface area (Å²) in [7, 11) is 0. The quantitative estimate of drug-likeness (QED) is 0.654. The Morgan fingerprint density at radius 2 is 1.79 bits per heavy atom. The molecule has 28 heavy (non-hydrogen) atoms. The lowest BCUT2D eigenvalue weighted by Crippen LogP contribution is -2.35.